The molecule has 0 heterocycles. The first-order chi connectivity index (χ1) is 5.78. The van der Waals surface area contributed by atoms with Crippen LogP contribution in [0.2, 0.25) is 0 Å². The van der Waals surface area contributed by atoms with Crippen LogP contribution in [-0.4, -0.2) is 34.1 Å². The molecule has 9 heteroatoms. The largest absolute Gasteiger partial charge is 1.00 e. The Morgan fingerprint density at radius 3 is 1.40 bits per heavy atom. The van der Waals surface area contributed by atoms with Gasteiger partial charge in [0, 0.05) is 24.8 Å². The molecule has 0 aromatic carbocycles. The summed E-state index contributed by atoms with van der Waals surface area (Å²) in [7, 11) is 0. The number of hydrogen-bond acceptors (Lipinski definition) is 7. The topological polar surface area (TPSA) is 172 Å². The van der Waals surface area contributed by atoms with Crippen LogP contribution >= 0.6 is 0 Å². The number of carbonyl (C=O) groups excluding carboxylic acids is 3. The van der Waals surface area contributed by atoms with Gasteiger partial charge in [-0.25, -0.2) is 0 Å². The van der Waals surface area contributed by atoms with Crippen LogP contribution in [0.25, 0.3) is 0 Å². The fourth-order valence-electron chi connectivity index (χ4n) is 0.684. The molecule has 0 rings (SSSR count). The standard InChI is InChI=1S/C6H8O7.K.H2O/c7-3(8)1-6(13,5(11)12)2-4(9)10;;/h13H,1-2H2,(H,7,8)(H,9,10)(H,11,12);;1H2/q;+1;/p-3. The van der Waals surface area contributed by atoms with Crippen molar-refractivity contribution < 1.29 is 91.7 Å². The van der Waals surface area contributed by atoms with Crippen LogP contribution in [0.4, 0.5) is 0 Å². The first kappa shape index (κ1) is 20.4. The Morgan fingerprint density at radius 2 is 1.27 bits per heavy atom. The van der Waals surface area contributed by atoms with E-state index in [1.54, 1.807) is 0 Å². The van der Waals surface area contributed by atoms with Crippen LogP contribution in [-0.2, 0) is 14.4 Å². The smallest absolute Gasteiger partial charge is 0.550 e. The maximum Gasteiger partial charge on any atom is 1.00 e. The van der Waals surface area contributed by atoms with Gasteiger partial charge in [0.05, 0.1) is 5.97 Å². The summed E-state index contributed by atoms with van der Waals surface area (Å²) >= 11 is 0. The fraction of sp³-hybridized carbons (Fsp3) is 0.500. The second-order valence-electron chi connectivity index (χ2n) is 2.42. The molecule has 0 aliphatic heterocycles. The molecule has 15 heavy (non-hydrogen) atoms. The van der Waals surface area contributed by atoms with Crippen molar-refractivity contribution in [3.05, 3.63) is 0 Å². The Kier molecular flexibility index (Phi) is 11.1. The summed E-state index contributed by atoms with van der Waals surface area (Å²) in [6, 6.07) is 0. The molecule has 0 spiro atoms. The van der Waals surface area contributed by atoms with Crippen molar-refractivity contribution in [3.8, 4) is 0 Å². The molecular formula is C6H7KO8-2. The number of carbonyl (C=O) groups is 3. The molecular weight excluding hydrogens is 239 g/mol. The van der Waals surface area contributed by atoms with Crippen LogP contribution in [0.3, 0.4) is 0 Å². The average molecular weight is 246 g/mol. The van der Waals surface area contributed by atoms with E-state index in [0.29, 0.717) is 0 Å². The van der Waals surface area contributed by atoms with Gasteiger partial charge in [0.25, 0.3) is 0 Å². The van der Waals surface area contributed by atoms with Gasteiger partial charge in [-0.15, -0.1) is 0 Å². The third kappa shape index (κ3) is 7.85. The van der Waals surface area contributed by atoms with Crippen LogP contribution in [0.15, 0.2) is 0 Å². The SMILES string of the molecule is O.O=C([O-])CC(O)(CC(=O)[O-])C(=O)[O-].[K+]. The summed E-state index contributed by atoms with van der Waals surface area (Å²) in [5.41, 5.74) is -2.97. The van der Waals surface area contributed by atoms with E-state index < -0.39 is 36.4 Å². The van der Waals surface area contributed by atoms with E-state index >= 15 is 0 Å². The van der Waals surface area contributed by atoms with Gasteiger partial charge in [-0.2, -0.15) is 0 Å². The summed E-state index contributed by atoms with van der Waals surface area (Å²) in [5, 5.41) is 38.9. The van der Waals surface area contributed by atoms with Crippen molar-refractivity contribution >= 4 is 17.9 Å². The molecule has 0 aromatic heterocycles. The van der Waals surface area contributed by atoms with E-state index in [2.05, 4.69) is 0 Å². The minimum atomic E-state index is -2.97. The number of aliphatic carboxylic acids is 3. The molecule has 0 aliphatic carbocycles. The third-order valence-corrected chi connectivity index (χ3v) is 1.25. The first-order valence-corrected chi connectivity index (χ1v) is 3.11. The predicted molar refractivity (Wildman–Crippen MR) is 32.8 cm³/mol. The van der Waals surface area contributed by atoms with Crippen molar-refractivity contribution in [1.82, 2.24) is 0 Å². The number of hydrogen-bond donors (Lipinski definition) is 1. The van der Waals surface area contributed by atoms with Gasteiger partial charge in [-0.1, -0.05) is 0 Å². The molecule has 82 valence electrons. The second kappa shape index (κ2) is 8.16. The molecule has 0 aromatic rings. The number of rotatable bonds is 5. The van der Waals surface area contributed by atoms with E-state index in [1.807, 2.05) is 0 Å². The van der Waals surface area contributed by atoms with Crippen molar-refractivity contribution in [2.24, 2.45) is 0 Å². The summed E-state index contributed by atoms with van der Waals surface area (Å²) < 4.78 is 0. The van der Waals surface area contributed by atoms with E-state index in [-0.39, 0.29) is 56.9 Å². The molecule has 0 unspecified atom stereocenters. The Labute approximate surface area is 127 Å². The average Bonchev–Trinajstić information content (AvgIpc) is 1.82. The van der Waals surface area contributed by atoms with Crippen LogP contribution < -0.4 is 66.7 Å². The summed E-state index contributed by atoms with van der Waals surface area (Å²) in [6.45, 7) is 0. The van der Waals surface area contributed by atoms with Gasteiger partial charge in [-0.05, 0) is 0 Å². The molecule has 3 N–H and O–H groups in total. The molecule has 0 radical (unpaired) electrons. The van der Waals surface area contributed by atoms with Gasteiger partial charge in [-0.3, -0.25) is 0 Å². The van der Waals surface area contributed by atoms with Crippen LogP contribution in [0.1, 0.15) is 12.8 Å². The normalized spacial score (nSPS) is 9.40. The van der Waals surface area contributed by atoms with Crippen molar-refractivity contribution in [2.75, 3.05) is 0 Å². The second-order valence-corrected chi connectivity index (χ2v) is 2.42. The summed E-state index contributed by atoms with van der Waals surface area (Å²) in [6.07, 6.45) is -2.72. The Morgan fingerprint density at radius 1 is 1.00 bits per heavy atom. The van der Waals surface area contributed by atoms with E-state index in [0.717, 1.165) is 0 Å². The Balaban J connectivity index is -0.000000720. The monoisotopic (exact) mass is 246 g/mol. The molecule has 0 saturated carbocycles. The zero-order chi connectivity index (χ0) is 10.6. The Hall–Kier alpha value is -0.0336. The molecule has 0 fully saturated rings. The van der Waals surface area contributed by atoms with E-state index in [4.69, 9.17) is 5.11 Å². The van der Waals surface area contributed by atoms with Crippen molar-refractivity contribution in [2.45, 2.75) is 18.4 Å². The molecule has 8 nitrogen and oxygen atoms in total. The predicted octanol–water partition coefficient (Wildman–Crippen LogP) is -9.07. The molecule has 0 bridgehead atoms. The Bertz CT molecular complexity index is 234. The van der Waals surface area contributed by atoms with Gasteiger partial charge < -0.3 is 40.3 Å². The van der Waals surface area contributed by atoms with E-state index in [1.165, 1.54) is 0 Å². The van der Waals surface area contributed by atoms with Crippen molar-refractivity contribution in [1.29, 1.82) is 0 Å². The third-order valence-electron chi connectivity index (χ3n) is 1.25. The van der Waals surface area contributed by atoms with Crippen LogP contribution in [0.5, 0.6) is 0 Å². The fourth-order valence-corrected chi connectivity index (χ4v) is 0.684. The maximum absolute atomic E-state index is 10.1. The first-order valence-electron chi connectivity index (χ1n) is 3.11. The summed E-state index contributed by atoms with van der Waals surface area (Å²) in [5.74, 6) is -5.98. The van der Waals surface area contributed by atoms with Gasteiger partial charge in [0.2, 0.25) is 0 Å². The number of carboxylic acid groups (broad SMARTS) is 3. The molecule has 0 atom stereocenters. The minimum Gasteiger partial charge on any atom is -0.550 e. The summed E-state index contributed by atoms with van der Waals surface area (Å²) in [4.78, 5) is 30.0. The zero-order valence-electron chi connectivity index (χ0n) is 7.81. The number of aliphatic hydroxyl groups is 1. The van der Waals surface area contributed by atoms with E-state index in [9.17, 15) is 29.7 Å². The minimum absolute atomic E-state index is 0. The number of carboxylic acids is 3. The van der Waals surface area contributed by atoms with Crippen molar-refractivity contribution in [3.63, 3.8) is 0 Å². The quantitative estimate of drug-likeness (QED) is 0.468. The zero-order valence-corrected chi connectivity index (χ0v) is 10.9. The van der Waals surface area contributed by atoms with Gasteiger partial charge in [0.15, 0.2) is 0 Å². The molecule has 0 amide bonds. The maximum atomic E-state index is 10.1. The molecule has 0 saturated heterocycles. The van der Waals surface area contributed by atoms with Gasteiger partial charge >= 0.3 is 51.4 Å². The van der Waals surface area contributed by atoms with Crippen LogP contribution in [0, 0.1) is 0 Å². The molecule has 0 aliphatic rings. The van der Waals surface area contributed by atoms with Gasteiger partial charge in [0.1, 0.15) is 5.60 Å².